The summed E-state index contributed by atoms with van der Waals surface area (Å²) < 4.78 is 13.1. The van der Waals surface area contributed by atoms with E-state index in [1.54, 1.807) is 56.6 Å². The quantitative estimate of drug-likeness (QED) is 0.755. The van der Waals surface area contributed by atoms with Gasteiger partial charge in [-0.15, -0.1) is 0 Å². The van der Waals surface area contributed by atoms with Crippen molar-refractivity contribution in [1.29, 1.82) is 5.26 Å². The Labute approximate surface area is 169 Å². The highest BCUT2D eigenvalue weighted by atomic mass is 19.1. The Morgan fingerprint density at radius 3 is 2.48 bits per heavy atom. The number of amides is 2. The van der Waals surface area contributed by atoms with Crippen molar-refractivity contribution in [2.24, 2.45) is 0 Å². The van der Waals surface area contributed by atoms with E-state index >= 15 is 0 Å². The van der Waals surface area contributed by atoms with E-state index in [4.69, 9.17) is 0 Å². The molecule has 2 amide bonds. The maximum absolute atomic E-state index is 13.1. The fourth-order valence-corrected chi connectivity index (χ4v) is 3.36. The average Bonchev–Trinajstić information content (AvgIpc) is 2.74. The van der Waals surface area contributed by atoms with E-state index in [2.05, 4.69) is 12.6 Å². The number of hydrogen-bond acceptors (Lipinski definition) is 3. The van der Waals surface area contributed by atoms with Crippen LogP contribution in [0.15, 0.2) is 54.7 Å². The topological polar surface area (TPSA) is 64.4 Å². The maximum Gasteiger partial charge on any atom is 0.271 e. The number of piperazine rings is 1. The van der Waals surface area contributed by atoms with Gasteiger partial charge in [0.1, 0.15) is 17.6 Å². The van der Waals surface area contributed by atoms with Crippen LogP contribution in [0.4, 0.5) is 4.39 Å². The zero-order valence-electron chi connectivity index (χ0n) is 16.2. The molecule has 6 heteroatoms. The molecule has 3 rings (SSSR count). The largest absolute Gasteiger partial charge is 0.328 e. The zero-order valence-corrected chi connectivity index (χ0v) is 16.2. The van der Waals surface area contributed by atoms with Crippen molar-refractivity contribution in [3.05, 3.63) is 82.8 Å². The number of nitrogens with zero attached hydrogens (tertiary/aromatic N) is 3. The lowest BCUT2D eigenvalue weighted by Crippen LogP contribution is -2.56. The highest BCUT2D eigenvalue weighted by Crippen LogP contribution is 2.26. The summed E-state index contributed by atoms with van der Waals surface area (Å²) in [6.07, 6.45) is 3.44. The second-order valence-corrected chi connectivity index (χ2v) is 6.81. The summed E-state index contributed by atoms with van der Waals surface area (Å²) in [4.78, 5) is 28.7. The van der Waals surface area contributed by atoms with Crippen LogP contribution in [0.25, 0.3) is 12.2 Å². The van der Waals surface area contributed by atoms with Crippen LogP contribution in [0.3, 0.4) is 0 Å². The van der Waals surface area contributed by atoms with Gasteiger partial charge in [0.2, 0.25) is 5.91 Å². The molecule has 0 bridgehead atoms. The van der Waals surface area contributed by atoms with Gasteiger partial charge in [0.25, 0.3) is 5.91 Å². The molecule has 0 N–H and O–H groups in total. The first kappa shape index (κ1) is 20.0. The van der Waals surface area contributed by atoms with Crippen LogP contribution < -0.4 is 0 Å². The molecule has 2 aromatic rings. The van der Waals surface area contributed by atoms with E-state index in [0.717, 1.165) is 5.56 Å². The molecule has 0 aliphatic carbocycles. The van der Waals surface area contributed by atoms with E-state index in [0.29, 0.717) is 16.7 Å². The molecule has 1 aliphatic rings. The molecule has 29 heavy (non-hydrogen) atoms. The number of halogens is 1. The van der Waals surface area contributed by atoms with Gasteiger partial charge < -0.3 is 9.80 Å². The fraction of sp³-hybridized carbons (Fsp3) is 0.174. The summed E-state index contributed by atoms with van der Waals surface area (Å²) in [6, 6.07) is 12.4. The summed E-state index contributed by atoms with van der Waals surface area (Å²) in [6.45, 7) is 3.75. The Bertz CT molecular complexity index is 1050. The van der Waals surface area contributed by atoms with Crippen LogP contribution in [0.1, 0.15) is 22.3 Å². The van der Waals surface area contributed by atoms with Crippen LogP contribution in [0.2, 0.25) is 0 Å². The van der Waals surface area contributed by atoms with Gasteiger partial charge in [0.15, 0.2) is 0 Å². The van der Waals surface area contributed by atoms with Crippen LogP contribution in [-0.4, -0.2) is 41.8 Å². The van der Waals surface area contributed by atoms with Crippen molar-refractivity contribution < 1.29 is 14.0 Å². The Morgan fingerprint density at radius 2 is 1.86 bits per heavy atom. The van der Waals surface area contributed by atoms with Crippen molar-refractivity contribution in [2.45, 2.75) is 12.5 Å². The van der Waals surface area contributed by atoms with E-state index in [9.17, 15) is 19.2 Å². The number of hydrogen-bond donors (Lipinski definition) is 0. The molecule has 0 aromatic heterocycles. The summed E-state index contributed by atoms with van der Waals surface area (Å²) in [7, 11) is 3.11. The monoisotopic (exact) mass is 389 g/mol. The summed E-state index contributed by atoms with van der Waals surface area (Å²) >= 11 is 0. The standard InChI is InChI=1S/C23H20FN3O2/c1-4-16-6-5-7-17(14-25)19(16)13-21-23(29)26(2)20(22(28)27(21)3)12-15-8-10-18(24)11-9-15/h4-11,13,20H,1,12H2,2-3H3/b21-13+. The summed E-state index contributed by atoms with van der Waals surface area (Å²) in [5, 5.41) is 9.41. The Morgan fingerprint density at radius 1 is 1.17 bits per heavy atom. The normalized spacial score (nSPS) is 18.1. The van der Waals surface area contributed by atoms with Gasteiger partial charge in [-0.05, 0) is 35.4 Å². The maximum atomic E-state index is 13.1. The molecule has 146 valence electrons. The molecule has 1 unspecified atom stereocenters. The number of carbonyl (C=O) groups is 2. The molecule has 0 saturated carbocycles. The lowest BCUT2D eigenvalue weighted by Gasteiger charge is -2.38. The summed E-state index contributed by atoms with van der Waals surface area (Å²) in [5.41, 5.74) is 2.56. The van der Waals surface area contributed by atoms with Crippen molar-refractivity contribution >= 4 is 24.0 Å². The van der Waals surface area contributed by atoms with Gasteiger partial charge in [-0.25, -0.2) is 4.39 Å². The smallest absolute Gasteiger partial charge is 0.271 e. The Kier molecular flexibility index (Phi) is 5.60. The van der Waals surface area contributed by atoms with Gasteiger partial charge in [-0.3, -0.25) is 9.59 Å². The molecule has 0 radical (unpaired) electrons. The number of benzene rings is 2. The second kappa shape index (κ2) is 8.11. The van der Waals surface area contributed by atoms with E-state index in [-0.39, 0.29) is 29.7 Å². The van der Waals surface area contributed by atoms with Gasteiger partial charge in [0, 0.05) is 26.1 Å². The molecule has 1 heterocycles. The van der Waals surface area contributed by atoms with Crippen LogP contribution >= 0.6 is 0 Å². The average molecular weight is 389 g/mol. The third-order valence-corrected chi connectivity index (χ3v) is 5.09. The van der Waals surface area contributed by atoms with Crippen LogP contribution in [-0.2, 0) is 16.0 Å². The highest BCUT2D eigenvalue weighted by Gasteiger charge is 2.39. The first-order valence-electron chi connectivity index (χ1n) is 9.03. The molecule has 5 nitrogen and oxygen atoms in total. The van der Waals surface area contributed by atoms with Crippen molar-refractivity contribution in [2.75, 3.05) is 14.1 Å². The minimum atomic E-state index is -0.694. The zero-order chi connectivity index (χ0) is 21.1. The number of rotatable bonds is 4. The lowest BCUT2D eigenvalue weighted by atomic mass is 9.97. The number of likely N-dealkylation sites (N-methyl/N-ethyl adjacent to an activating group) is 2. The first-order valence-corrected chi connectivity index (χ1v) is 9.03. The van der Waals surface area contributed by atoms with E-state index in [1.165, 1.54) is 21.9 Å². The first-order chi connectivity index (χ1) is 13.9. The van der Waals surface area contributed by atoms with E-state index < -0.39 is 6.04 Å². The number of carbonyl (C=O) groups excluding carboxylic acids is 2. The van der Waals surface area contributed by atoms with Crippen LogP contribution in [0, 0.1) is 17.1 Å². The molecule has 2 aromatic carbocycles. The van der Waals surface area contributed by atoms with Crippen LogP contribution in [0.5, 0.6) is 0 Å². The molecular weight excluding hydrogens is 369 g/mol. The minimum Gasteiger partial charge on any atom is -0.328 e. The second-order valence-electron chi connectivity index (χ2n) is 6.81. The third kappa shape index (κ3) is 3.81. The van der Waals surface area contributed by atoms with Crippen molar-refractivity contribution in [3.63, 3.8) is 0 Å². The molecule has 1 fully saturated rings. The van der Waals surface area contributed by atoms with Crippen molar-refractivity contribution in [3.8, 4) is 6.07 Å². The highest BCUT2D eigenvalue weighted by molar-refractivity contribution is 6.07. The third-order valence-electron chi connectivity index (χ3n) is 5.09. The SMILES string of the molecule is C=Cc1cccc(C#N)c1/C=C1\C(=O)N(C)C(Cc2ccc(F)cc2)C(=O)N1C. The van der Waals surface area contributed by atoms with Gasteiger partial charge in [-0.2, -0.15) is 5.26 Å². The lowest BCUT2D eigenvalue weighted by molar-refractivity contribution is -0.148. The Hall–Kier alpha value is -3.72. The molecule has 1 atom stereocenters. The Balaban J connectivity index is 1.97. The van der Waals surface area contributed by atoms with Gasteiger partial charge >= 0.3 is 0 Å². The summed E-state index contributed by atoms with van der Waals surface area (Å²) in [5.74, 6) is -0.941. The number of nitriles is 1. The fourth-order valence-electron chi connectivity index (χ4n) is 3.36. The molecular formula is C23H20FN3O2. The molecule has 1 aliphatic heterocycles. The van der Waals surface area contributed by atoms with Gasteiger partial charge in [0.05, 0.1) is 11.6 Å². The van der Waals surface area contributed by atoms with Crippen molar-refractivity contribution in [1.82, 2.24) is 9.80 Å². The van der Waals surface area contributed by atoms with E-state index in [1.807, 2.05) is 0 Å². The van der Waals surface area contributed by atoms with Gasteiger partial charge in [-0.1, -0.05) is 36.9 Å². The molecule has 0 spiro atoms. The minimum absolute atomic E-state index is 0.179. The predicted octanol–water partition coefficient (Wildman–Crippen LogP) is 3.22. The molecule has 1 saturated heterocycles. The predicted molar refractivity (Wildman–Crippen MR) is 109 cm³/mol.